The van der Waals surface area contributed by atoms with Gasteiger partial charge in [0.2, 0.25) is 0 Å². The number of carbonyl (C=O) groups is 2. The Morgan fingerprint density at radius 3 is 2.04 bits per heavy atom. The van der Waals surface area contributed by atoms with Crippen molar-refractivity contribution in [1.82, 2.24) is 0 Å². The zero-order valence-corrected chi connectivity index (χ0v) is 15.2. The molecule has 0 amide bonds. The number of anilines is 1. The number of hydrogen-bond donors (Lipinski definition) is 1. The molecule has 4 nitrogen and oxygen atoms in total. The molecule has 25 heavy (non-hydrogen) atoms. The summed E-state index contributed by atoms with van der Waals surface area (Å²) >= 11 is 0. The summed E-state index contributed by atoms with van der Waals surface area (Å²) in [4.78, 5) is 24.1. The molecular weight excluding hydrogens is 314 g/mol. The Kier molecular flexibility index (Phi) is 6.34. The minimum atomic E-state index is -0.403. The summed E-state index contributed by atoms with van der Waals surface area (Å²) in [5, 5.41) is 3.45. The van der Waals surface area contributed by atoms with Crippen LogP contribution in [0.15, 0.2) is 48.5 Å². The van der Waals surface area contributed by atoms with Gasteiger partial charge in [-0.3, -0.25) is 4.79 Å². The first-order valence-corrected chi connectivity index (χ1v) is 8.45. The smallest absolute Gasteiger partial charge is 0.337 e. The monoisotopic (exact) mass is 339 g/mol. The second kappa shape index (κ2) is 8.47. The van der Waals surface area contributed by atoms with Gasteiger partial charge in [-0.1, -0.05) is 43.7 Å². The Bertz CT molecular complexity index is 718. The first-order chi connectivity index (χ1) is 11.9. The average Bonchev–Trinajstić information content (AvgIpc) is 2.62. The Balaban J connectivity index is 2.06. The standard InChI is InChI=1S/C21H25NO3/c1-14(2)19(22-18-11-5-15(3)6-12-18)13-20(23)16-7-9-17(10-8-16)21(24)25-4/h5-12,14,19,22H,13H2,1-4H3. The van der Waals surface area contributed by atoms with Crippen LogP contribution in [-0.4, -0.2) is 24.9 Å². The molecule has 2 aromatic rings. The lowest BCUT2D eigenvalue weighted by molar-refractivity contribution is 0.0600. The fourth-order valence-corrected chi connectivity index (χ4v) is 2.54. The molecule has 0 saturated carbocycles. The summed E-state index contributed by atoms with van der Waals surface area (Å²) in [5.41, 5.74) is 3.26. The number of carbonyl (C=O) groups excluding carboxylic acids is 2. The molecule has 0 aromatic heterocycles. The Hall–Kier alpha value is -2.62. The fourth-order valence-electron chi connectivity index (χ4n) is 2.54. The van der Waals surface area contributed by atoms with Crippen LogP contribution in [0.3, 0.4) is 0 Å². The maximum Gasteiger partial charge on any atom is 0.337 e. The summed E-state index contributed by atoms with van der Waals surface area (Å²) in [6, 6.07) is 14.8. The Labute approximate surface area is 149 Å². The van der Waals surface area contributed by atoms with Crippen molar-refractivity contribution in [2.75, 3.05) is 12.4 Å². The predicted octanol–water partition coefficient (Wildman–Crippen LogP) is 4.49. The van der Waals surface area contributed by atoms with Crippen molar-refractivity contribution in [3.63, 3.8) is 0 Å². The lowest BCUT2D eigenvalue weighted by atomic mass is 9.95. The number of aryl methyl sites for hydroxylation is 1. The molecule has 0 heterocycles. The van der Waals surface area contributed by atoms with E-state index in [0.29, 0.717) is 23.5 Å². The molecule has 0 aliphatic rings. The fraction of sp³-hybridized carbons (Fsp3) is 0.333. The number of rotatable bonds is 7. The number of hydrogen-bond acceptors (Lipinski definition) is 4. The van der Waals surface area contributed by atoms with Gasteiger partial charge in [-0.05, 0) is 37.1 Å². The first kappa shape index (κ1) is 18.7. The van der Waals surface area contributed by atoms with E-state index in [9.17, 15) is 9.59 Å². The number of ketones is 1. The molecule has 2 aromatic carbocycles. The van der Waals surface area contributed by atoms with Crippen LogP contribution in [-0.2, 0) is 4.74 Å². The topological polar surface area (TPSA) is 55.4 Å². The van der Waals surface area contributed by atoms with Gasteiger partial charge in [-0.15, -0.1) is 0 Å². The summed E-state index contributed by atoms with van der Waals surface area (Å²) in [7, 11) is 1.34. The van der Waals surface area contributed by atoms with Gasteiger partial charge < -0.3 is 10.1 Å². The van der Waals surface area contributed by atoms with Crippen LogP contribution in [0.5, 0.6) is 0 Å². The normalized spacial score (nSPS) is 11.9. The van der Waals surface area contributed by atoms with Gasteiger partial charge in [-0.25, -0.2) is 4.79 Å². The third kappa shape index (κ3) is 5.18. The van der Waals surface area contributed by atoms with Crippen molar-refractivity contribution in [2.24, 2.45) is 5.92 Å². The molecule has 0 radical (unpaired) electrons. The molecule has 0 saturated heterocycles. The number of ether oxygens (including phenoxy) is 1. The van der Waals surface area contributed by atoms with Gasteiger partial charge >= 0.3 is 5.97 Å². The molecule has 1 unspecified atom stereocenters. The number of esters is 1. The van der Waals surface area contributed by atoms with Crippen molar-refractivity contribution < 1.29 is 14.3 Å². The van der Waals surface area contributed by atoms with Gasteiger partial charge in [-0.2, -0.15) is 0 Å². The quantitative estimate of drug-likeness (QED) is 0.596. The van der Waals surface area contributed by atoms with E-state index in [1.165, 1.54) is 12.7 Å². The van der Waals surface area contributed by atoms with Gasteiger partial charge in [0.15, 0.2) is 5.78 Å². The number of methoxy groups -OCH3 is 1. The highest BCUT2D eigenvalue weighted by molar-refractivity contribution is 5.98. The number of benzene rings is 2. The lowest BCUT2D eigenvalue weighted by Crippen LogP contribution is -2.28. The maximum atomic E-state index is 12.6. The Morgan fingerprint density at radius 2 is 1.52 bits per heavy atom. The van der Waals surface area contributed by atoms with Crippen LogP contribution in [0.25, 0.3) is 0 Å². The summed E-state index contributed by atoms with van der Waals surface area (Å²) in [6.07, 6.45) is 0.392. The number of Topliss-reactive ketones (excluding diaryl/α,β-unsaturated/α-hetero) is 1. The van der Waals surface area contributed by atoms with Crippen molar-refractivity contribution >= 4 is 17.4 Å². The highest BCUT2D eigenvalue weighted by Crippen LogP contribution is 2.18. The van der Waals surface area contributed by atoms with Gasteiger partial charge in [0.1, 0.15) is 0 Å². The van der Waals surface area contributed by atoms with E-state index in [2.05, 4.69) is 23.9 Å². The average molecular weight is 339 g/mol. The van der Waals surface area contributed by atoms with E-state index in [-0.39, 0.29) is 11.8 Å². The van der Waals surface area contributed by atoms with Crippen molar-refractivity contribution in [1.29, 1.82) is 0 Å². The molecular formula is C21H25NO3. The van der Waals surface area contributed by atoms with E-state index < -0.39 is 5.97 Å². The molecule has 0 bridgehead atoms. The van der Waals surface area contributed by atoms with Crippen LogP contribution in [0.2, 0.25) is 0 Å². The minimum Gasteiger partial charge on any atom is -0.465 e. The predicted molar refractivity (Wildman–Crippen MR) is 100 cm³/mol. The molecule has 1 N–H and O–H groups in total. The van der Waals surface area contributed by atoms with Crippen LogP contribution in [0, 0.1) is 12.8 Å². The van der Waals surface area contributed by atoms with Crippen molar-refractivity contribution in [3.05, 3.63) is 65.2 Å². The van der Waals surface area contributed by atoms with Gasteiger partial charge in [0.05, 0.1) is 12.7 Å². The first-order valence-electron chi connectivity index (χ1n) is 8.45. The second-order valence-electron chi connectivity index (χ2n) is 6.56. The minimum absolute atomic E-state index is 0.0375. The molecule has 0 aliphatic carbocycles. The van der Waals surface area contributed by atoms with Crippen LogP contribution in [0.1, 0.15) is 46.5 Å². The molecule has 4 heteroatoms. The molecule has 1 atom stereocenters. The highest BCUT2D eigenvalue weighted by Gasteiger charge is 2.19. The van der Waals surface area contributed by atoms with Crippen LogP contribution >= 0.6 is 0 Å². The van der Waals surface area contributed by atoms with Crippen molar-refractivity contribution in [2.45, 2.75) is 33.2 Å². The third-order valence-electron chi connectivity index (χ3n) is 4.24. The van der Waals surface area contributed by atoms with Crippen LogP contribution < -0.4 is 5.32 Å². The third-order valence-corrected chi connectivity index (χ3v) is 4.24. The SMILES string of the molecule is COC(=O)c1ccc(C(=O)CC(Nc2ccc(C)cc2)C(C)C)cc1. The van der Waals surface area contributed by atoms with E-state index in [1.54, 1.807) is 24.3 Å². The molecule has 132 valence electrons. The van der Waals surface area contributed by atoms with E-state index in [4.69, 9.17) is 0 Å². The van der Waals surface area contributed by atoms with E-state index in [0.717, 1.165) is 5.69 Å². The number of nitrogens with one attached hydrogen (secondary N) is 1. The van der Waals surface area contributed by atoms with Gasteiger partial charge in [0, 0.05) is 23.7 Å². The van der Waals surface area contributed by atoms with Crippen molar-refractivity contribution in [3.8, 4) is 0 Å². The largest absolute Gasteiger partial charge is 0.465 e. The van der Waals surface area contributed by atoms with Gasteiger partial charge in [0.25, 0.3) is 0 Å². The molecule has 0 aliphatic heterocycles. The molecule has 2 rings (SSSR count). The van der Waals surface area contributed by atoms with E-state index >= 15 is 0 Å². The molecule has 0 spiro atoms. The zero-order chi connectivity index (χ0) is 18.4. The van der Waals surface area contributed by atoms with E-state index in [1.807, 2.05) is 31.2 Å². The zero-order valence-electron chi connectivity index (χ0n) is 15.2. The summed E-state index contributed by atoms with van der Waals surface area (Å²) in [6.45, 7) is 6.24. The maximum absolute atomic E-state index is 12.6. The molecule has 0 fully saturated rings. The summed E-state index contributed by atoms with van der Waals surface area (Å²) in [5.74, 6) is -0.0468. The Morgan fingerprint density at radius 1 is 0.960 bits per heavy atom. The summed E-state index contributed by atoms with van der Waals surface area (Å²) < 4.78 is 4.67. The highest BCUT2D eigenvalue weighted by atomic mass is 16.5. The van der Waals surface area contributed by atoms with Crippen LogP contribution in [0.4, 0.5) is 5.69 Å². The lowest BCUT2D eigenvalue weighted by Gasteiger charge is -2.23. The second-order valence-corrected chi connectivity index (χ2v) is 6.56.